The topological polar surface area (TPSA) is 76.1 Å². The number of carbonyl (C=O) groups is 2. The minimum Gasteiger partial charge on any atom is -0.490 e. The van der Waals surface area contributed by atoms with Gasteiger partial charge in [0, 0.05) is 11.6 Å². The molecule has 0 heterocycles. The number of benzene rings is 1. The summed E-state index contributed by atoms with van der Waals surface area (Å²) < 4.78 is 10.9. The monoisotopic (exact) mass is 309 g/mol. The summed E-state index contributed by atoms with van der Waals surface area (Å²) in [5.41, 5.74) is 0.377. The zero-order chi connectivity index (χ0) is 16.7. The van der Waals surface area contributed by atoms with E-state index in [1.54, 1.807) is 32.0 Å². The molecule has 0 aliphatic rings. The summed E-state index contributed by atoms with van der Waals surface area (Å²) in [4.78, 5) is 24.7. The molecule has 0 aliphatic carbocycles. The average molecular weight is 309 g/mol. The van der Waals surface area contributed by atoms with Crippen LogP contribution >= 0.6 is 0 Å². The molecule has 1 N–H and O–H groups in total. The fourth-order valence-corrected chi connectivity index (χ4v) is 1.98. The number of aliphatic carboxylic acids is 1. The van der Waals surface area contributed by atoms with Crippen molar-refractivity contribution in [2.24, 2.45) is 0 Å². The maximum Gasteiger partial charge on any atom is 0.323 e. The molecule has 0 radical (unpaired) electrons. The molecular weight excluding hydrogens is 286 g/mol. The third-order valence-corrected chi connectivity index (χ3v) is 2.98. The number of carboxylic acid groups (broad SMARTS) is 1. The minimum absolute atomic E-state index is 0.217. The molecule has 0 fully saturated rings. The third-order valence-electron chi connectivity index (χ3n) is 2.98. The number of carbonyl (C=O) groups excluding carboxylic acids is 1. The molecule has 6 nitrogen and oxygen atoms in total. The van der Waals surface area contributed by atoms with Gasteiger partial charge >= 0.3 is 5.97 Å². The summed E-state index contributed by atoms with van der Waals surface area (Å²) in [6.07, 6.45) is 0. The van der Waals surface area contributed by atoms with Crippen LogP contribution < -0.4 is 9.47 Å². The van der Waals surface area contributed by atoms with Crippen molar-refractivity contribution in [3.8, 4) is 11.5 Å². The van der Waals surface area contributed by atoms with Gasteiger partial charge in [-0.3, -0.25) is 9.59 Å². The van der Waals surface area contributed by atoms with Gasteiger partial charge in [-0.2, -0.15) is 0 Å². The molecule has 1 aromatic rings. The number of nitrogens with zero attached hydrogens (tertiary/aromatic N) is 1. The van der Waals surface area contributed by atoms with Gasteiger partial charge in [0.2, 0.25) is 0 Å². The maximum atomic E-state index is 12.5. The molecule has 0 bridgehead atoms. The highest BCUT2D eigenvalue weighted by molar-refractivity contribution is 5.96. The van der Waals surface area contributed by atoms with E-state index in [4.69, 9.17) is 14.6 Å². The van der Waals surface area contributed by atoms with Crippen molar-refractivity contribution >= 4 is 11.9 Å². The van der Waals surface area contributed by atoms with Crippen molar-refractivity contribution in [2.75, 3.05) is 19.8 Å². The first-order valence-electron chi connectivity index (χ1n) is 7.33. The molecule has 0 atom stereocenters. The molecule has 0 aromatic heterocycles. The van der Waals surface area contributed by atoms with Gasteiger partial charge in [0.25, 0.3) is 5.91 Å². The highest BCUT2D eigenvalue weighted by atomic mass is 16.5. The highest BCUT2D eigenvalue weighted by Crippen LogP contribution is 2.29. The van der Waals surface area contributed by atoms with E-state index in [9.17, 15) is 9.59 Å². The molecular formula is C16H23NO5. The zero-order valence-corrected chi connectivity index (χ0v) is 13.5. The zero-order valence-electron chi connectivity index (χ0n) is 13.5. The first-order valence-corrected chi connectivity index (χ1v) is 7.33. The first-order chi connectivity index (χ1) is 10.4. The van der Waals surface area contributed by atoms with Crippen LogP contribution in [0.2, 0.25) is 0 Å². The van der Waals surface area contributed by atoms with Gasteiger partial charge in [-0.1, -0.05) is 0 Å². The van der Waals surface area contributed by atoms with Crippen molar-refractivity contribution in [1.82, 2.24) is 4.90 Å². The Labute approximate surface area is 130 Å². The second-order valence-electron chi connectivity index (χ2n) is 4.95. The average Bonchev–Trinajstić information content (AvgIpc) is 2.46. The molecule has 1 rings (SSSR count). The predicted molar refractivity (Wildman–Crippen MR) is 82.6 cm³/mol. The minimum atomic E-state index is -1.04. The van der Waals surface area contributed by atoms with E-state index in [1.807, 2.05) is 13.8 Å². The summed E-state index contributed by atoms with van der Waals surface area (Å²) in [6, 6.07) is 4.66. The molecule has 0 spiro atoms. The van der Waals surface area contributed by atoms with Crippen molar-refractivity contribution in [3.05, 3.63) is 23.8 Å². The van der Waals surface area contributed by atoms with Gasteiger partial charge in [0.1, 0.15) is 6.54 Å². The molecule has 6 heteroatoms. The van der Waals surface area contributed by atoms with E-state index in [-0.39, 0.29) is 18.5 Å². The number of ether oxygens (including phenoxy) is 2. The summed E-state index contributed by atoms with van der Waals surface area (Å²) in [7, 11) is 0. The molecule has 1 amide bonds. The van der Waals surface area contributed by atoms with E-state index in [2.05, 4.69) is 0 Å². The molecule has 0 saturated heterocycles. The first kappa shape index (κ1) is 17.8. The van der Waals surface area contributed by atoms with Crippen molar-refractivity contribution in [1.29, 1.82) is 0 Å². The Morgan fingerprint density at radius 2 is 1.73 bits per heavy atom. The fourth-order valence-electron chi connectivity index (χ4n) is 1.98. The standard InChI is InChI=1S/C16H23NO5/c1-5-21-13-8-7-12(9-14(13)22-6-2)16(20)17(11(3)4)10-15(18)19/h7-9,11H,5-6,10H2,1-4H3,(H,18,19). The largest absolute Gasteiger partial charge is 0.490 e. The Hall–Kier alpha value is -2.24. The van der Waals surface area contributed by atoms with Gasteiger partial charge in [0.05, 0.1) is 13.2 Å². The second kappa shape index (κ2) is 8.26. The SMILES string of the molecule is CCOc1ccc(C(=O)N(CC(=O)O)C(C)C)cc1OCC. The van der Waals surface area contributed by atoms with Crippen LogP contribution in [-0.2, 0) is 4.79 Å². The van der Waals surface area contributed by atoms with Crippen LogP contribution in [0.15, 0.2) is 18.2 Å². The van der Waals surface area contributed by atoms with Gasteiger partial charge in [-0.05, 0) is 45.9 Å². The normalized spacial score (nSPS) is 10.4. The lowest BCUT2D eigenvalue weighted by molar-refractivity contribution is -0.138. The molecule has 122 valence electrons. The van der Waals surface area contributed by atoms with Gasteiger partial charge < -0.3 is 19.5 Å². The molecule has 0 saturated carbocycles. The van der Waals surface area contributed by atoms with Crippen LogP contribution in [0.4, 0.5) is 0 Å². The fraction of sp³-hybridized carbons (Fsp3) is 0.500. The lowest BCUT2D eigenvalue weighted by Crippen LogP contribution is -2.40. The Morgan fingerprint density at radius 1 is 1.14 bits per heavy atom. The van der Waals surface area contributed by atoms with Crippen LogP contribution in [0.3, 0.4) is 0 Å². The molecule has 22 heavy (non-hydrogen) atoms. The van der Waals surface area contributed by atoms with E-state index >= 15 is 0 Å². The smallest absolute Gasteiger partial charge is 0.323 e. The van der Waals surface area contributed by atoms with Crippen LogP contribution in [0.5, 0.6) is 11.5 Å². The van der Waals surface area contributed by atoms with E-state index in [0.29, 0.717) is 30.3 Å². The lowest BCUT2D eigenvalue weighted by Gasteiger charge is -2.25. The van der Waals surface area contributed by atoms with E-state index in [1.165, 1.54) is 4.90 Å². The van der Waals surface area contributed by atoms with Crippen LogP contribution in [-0.4, -0.2) is 47.7 Å². The number of carboxylic acids is 1. The summed E-state index contributed by atoms with van der Waals surface area (Å²) in [6.45, 7) is 7.86. The van der Waals surface area contributed by atoms with E-state index in [0.717, 1.165) is 0 Å². The van der Waals surface area contributed by atoms with Crippen molar-refractivity contribution in [2.45, 2.75) is 33.7 Å². The predicted octanol–water partition coefficient (Wildman–Crippen LogP) is 2.42. The second-order valence-corrected chi connectivity index (χ2v) is 4.95. The molecule has 0 aliphatic heterocycles. The number of rotatable bonds is 8. The quantitative estimate of drug-likeness (QED) is 0.798. The summed E-state index contributed by atoms with van der Waals surface area (Å²) in [5, 5.41) is 8.94. The van der Waals surface area contributed by atoms with Crippen molar-refractivity contribution < 1.29 is 24.2 Å². The van der Waals surface area contributed by atoms with E-state index < -0.39 is 5.97 Å². The van der Waals surface area contributed by atoms with Crippen LogP contribution in [0.1, 0.15) is 38.1 Å². The lowest BCUT2D eigenvalue weighted by atomic mass is 10.1. The Bertz CT molecular complexity index is 527. The van der Waals surface area contributed by atoms with Crippen LogP contribution in [0.25, 0.3) is 0 Å². The number of hydrogen-bond acceptors (Lipinski definition) is 4. The third kappa shape index (κ3) is 4.65. The molecule has 1 aromatic carbocycles. The summed E-state index contributed by atoms with van der Waals surface area (Å²) in [5.74, 6) is -0.344. The van der Waals surface area contributed by atoms with Crippen molar-refractivity contribution in [3.63, 3.8) is 0 Å². The Kier molecular flexibility index (Phi) is 6.69. The van der Waals surface area contributed by atoms with Gasteiger partial charge in [-0.15, -0.1) is 0 Å². The van der Waals surface area contributed by atoms with Crippen LogP contribution in [0, 0.1) is 0 Å². The Morgan fingerprint density at radius 3 is 2.23 bits per heavy atom. The van der Waals surface area contributed by atoms with Gasteiger partial charge in [0.15, 0.2) is 11.5 Å². The molecule has 0 unspecified atom stereocenters. The number of hydrogen-bond donors (Lipinski definition) is 1. The summed E-state index contributed by atoms with van der Waals surface area (Å²) >= 11 is 0. The van der Waals surface area contributed by atoms with Gasteiger partial charge in [-0.25, -0.2) is 0 Å². The number of amides is 1. The highest BCUT2D eigenvalue weighted by Gasteiger charge is 2.22. The Balaban J connectivity index is 3.10. The maximum absolute atomic E-state index is 12.5.